The molecule has 6 heteroatoms. The largest absolute Gasteiger partial charge is 0.469 e. The van der Waals surface area contributed by atoms with Gasteiger partial charge in [-0.05, 0) is 49.5 Å². The number of guanidine groups is 1. The molecular formula is C19H28N4OS. The lowest BCUT2D eigenvalue weighted by Crippen LogP contribution is -2.43. The van der Waals surface area contributed by atoms with Crippen LogP contribution in [0.15, 0.2) is 45.3 Å². The lowest BCUT2D eigenvalue weighted by Gasteiger charge is -2.26. The summed E-state index contributed by atoms with van der Waals surface area (Å²) in [6, 6.07) is 8.14. The Balaban J connectivity index is 1.45. The van der Waals surface area contributed by atoms with E-state index in [9.17, 15) is 0 Å². The van der Waals surface area contributed by atoms with Crippen molar-refractivity contribution in [3.8, 4) is 0 Å². The summed E-state index contributed by atoms with van der Waals surface area (Å²) in [5, 5.41) is 9.00. The zero-order chi connectivity index (χ0) is 17.2. The molecule has 136 valence electrons. The van der Waals surface area contributed by atoms with E-state index in [2.05, 4.69) is 33.0 Å². The molecule has 0 aromatic carbocycles. The molecule has 2 aromatic heterocycles. The second-order valence-corrected chi connectivity index (χ2v) is 7.36. The van der Waals surface area contributed by atoms with Crippen molar-refractivity contribution in [1.82, 2.24) is 15.5 Å². The van der Waals surface area contributed by atoms with Gasteiger partial charge in [-0.15, -0.1) is 11.3 Å². The van der Waals surface area contributed by atoms with Gasteiger partial charge in [0.25, 0.3) is 0 Å². The summed E-state index contributed by atoms with van der Waals surface area (Å²) >= 11 is 1.75. The van der Waals surface area contributed by atoms with E-state index < -0.39 is 0 Å². The Morgan fingerprint density at radius 2 is 2.00 bits per heavy atom. The first kappa shape index (κ1) is 18.0. The van der Waals surface area contributed by atoms with Crippen LogP contribution in [0.2, 0.25) is 0 Å². The van der Waals surface area contributed by atoms with Gasteiger partial charge in [-0.1, -0.05) is 12.5 Å². The smallest absolute Gasteiger partial charge is 0.191 e. The molecule has 0 aliphatic carbocycles. The number of nitrogens with one attached hydrogen (secondary N) is 2. The van der Waals surface area contributed by atoms with Crippen molar-refractivity contribution >= 4 is 17.3 Å². The molecule has 1 fully saturated rings. The van der Waals surface area contributed by atoms with Gasteiger partial charge in [0, 0.05) is 30.9 Å². The summed E-state index contributed by atoms with van der Waals surface area (Å²) in [7, 11) is 0. The summed E-state index contributed by atoms with van der Waals surface area (Å²) in [5.41, 5.74) is 0. The number of rotatable bonds is 8. The molecule has 0 amide bonds. The predicted octanol–water partition coefficient (Wildman–Crippen LogP) is 3.10. The van der Waals surface area contributed by atoms with E-state index in [1.807, 2.05) is 12.1 Å². The number of nitrogens with zero attached hydrogens (tertiary/aromatic N) is 2. The molecule has 0 saturated carbocycles. The van der Waals surface area contributed by atoms with Crippen LogP contribution in [-0.4, -0.2) is 43.6 Å². The maximum absolute atomic E-state index is 5.39. The Labute approximate surface area is 154 Å². The van der Waals surface area contributed by atoms with E-state index in [0.29, 0.717) is 0 Å². The molecule has 1 aliphatic rings. The third-order valence-corrected chi connectivity index (χ3v) is 5.25. The highest BCUT2D eigenvalue weighted by atomic mass is 32.1. The molecule has 0 unspecified atom stereocenters. The molecule has 1 aliphatic heterocycles. The van der Waals surface area contributed by atoms with E-state index in [0.717, 1.165) is 44.3 Å². The summed E-state index contributed by atoms with van der Waals surface area (Å²) in [5.74, 6) is 1.88. The van der Waals surface area contributed by atoms with E-state index in [1.54, 1.807) is 17.6 Å². The van der Waals surface area contributed by atoms with E-state index in [-0.39, 0.29) is 0 Å². The molecule has 0 spiro atoms. The Morgan fingerprint density at radius 1 is 1.12 bits per heavy atom. The summed E-state index contributed by atoms with van der Waals surface area (Å²) in [6.07, 6.45) is 6.63. The van der Waals surface area contributed by atoms with Gasteiger partial charge in [0.15, 0.2) is 5.96 Å². The maximum atomic E-state index is 5.39. The molecule has 2 aromatic rings. The molecular weight excluding hydrogens is 332 g/mol. The molecule has 0 radical (unpaired) electrons. The number of hydrogen-bond acceptors (Lipinski definition) is 4. The fourth-order valence-electron chi connectivity index (χ4n) is 3.01. The number of hydrogen-bond donors (Lipinski definition) is 2. The first-order valence-corrected chi connectivity index (χ1v) is 10.1. The minimum absolute atomic E-state index is 0.720. The maximum Gasteiger partial charge on any atom is 0.191 e. The minimum Gasteiger partial charge on any atom is -0.469 e. The molecule has 0 bridgehead atoms. The highest BCUT2D eigenvalue weighted by Gasteiger charge is 2.09. The molecule has 2 N–H and O–H groups in total. The van der Waals surface area contributed by atoms with Gasteiger partial charge in [-0.3, -0.25) is 0 Å². The van der Waals surface area contributed by atoms with Crippen molar-refractivity contribution in [3.05, 3.63) is 46.5 Å². The molecule has 25 heavy (non-hydrogen) atoms. The summed E-state index contributed by atoms with van der Waals surface area (Å²) in [6.45, 7) is 6.00. The molecule has 5 nitrogen and oxygen atoms in total. The lowest BCUT2D eigenvalue weighted by molar-refractivity contribution is 0.232. The third kappa shape index (κ3) is 6.55. The average Bonchev–Trinajstić information content (AvgIpc) is 3.34. The van der Waals surface area contributed by atoms with Crippen molar-refractivity contribution in [2.45, 2.75) is 32.2 Å². The molecule has 3 heterocycles. The van der Waals surface area contributed by atoms with E-state index in [1.165, 1.54) is 37.2 Å². The zero-order valence-electron chi connectivity index (χ0n) is 14.7. The van der Waals surface area contributed by atoms with Crippen molar-refractivity contribution in [1.29, 1.82) is 0 Å². The minimum atomic E-state index is 0.720. The van der Waals surface area contributed by atoms with Crippen LogP contribution in [-0.2, 0) is 13.0 Å². The quantitative estimate of drug-likeness (QED) is 0.561. The fourth-order valence-corrected chi connectivity index (χ4v) is 3.64. The number of piperidine rings is 1. The standard InChI is InChI=1S/C19H28N4OS/c1-2-11-23(12-3-1)13-10-21-19(22-16-18-7-5-15-25-18)20-9-8-17-6-4-14-24-17/h4-7,14-15H,1-3,8-13,16H2,(H2,20,21,22). The Kier molecular flexibility index (Phi) is 7.39. The predicted molar refractivity (Wildman–Crippen MR) is 104 cm³/mol. The van der Waals surface area contributed by atoms with Crippen molar-refractivity contribution in [2.24, 2.45) is 4.99 Å². The zero-order valence-corrected chi connectivity index (χ0v) is 15.6. The van der Waals surface area contributed by atoms with Crippen LogP contribution in [0.25, 0.3) is 0 Å². The van der Waals surface area contributed by atoms with Crippen LogP contribution < -0.4 is 10.6 Å². The highest BCUT2D eigenvalue weighted by molar-refractivity contribution is 7.09. The Bertz CT molecular complexity index is 603. The van der Waals surface area contributed by atoms with Crippen LogP contribution in [0.4, 0.5) is 0 Å². The first-order valence-electron chi connectivity index (χ1n) is 9.19. The average molecular weight is 361 g/mol. The van der Waals surface area contributed by atoms with Gasteiger partial charge in [-0.2, -0.15) is 0 Å². The number of furan rings is 1. The second kappa shape index (κ2) is 10.3. The third-order valence-electron chi connectivity index (χ3n) is 4.39. The SMILES string of the molecule is c1coc(CCNC(=NCc2cccs2)NCCN2CCCCC2)c1. The highest BCUT2D eigenvalue weighted by Crippen LogP contribution is 2.09. The Morgan fingerprint density at radius 3 is 2.76 bits per heavy atom. The van der Waals surface area contributed by atoms with Crippen LogP contribution in [0.1, 0.15) is 29.9 Å². The topological polar surface area (TPSA) is 52.8 Å². The lowest BCUT2D eigenvalue weighted by atomic mass is 10.1. The van der Waals surface area contributed by atoms with E-state index in [4.69, 9.17) is 9.41 Å². The molecule has 3 rings (SSSR count). The fraction of sp³-hybridized carbons (Fsp3) is 0.526. The molecule has 1 saturated heterocycles. The van der Waals surface area contributed by atoms with Gasteiger partial charge in [0.1, 0.15) is 5.76 Å². The van der Waals surface area contributed by atoms with Gasteiger partial charge in [-0.25, -0.2) is 4.99 Å². The van der Waals surface area contributed by atoms with Gasteiger partial charge < -0.3 is 20.0 Å². The normalized spacial score (nSPS) is 16.1. The number of thiophene rings is 1. The number of likely N-dealkylation sites (tertiary alicyclic amines) is 1. The van der Waals surface area contributed by atoms with Crippen molar-refractivity contribution < 1.29 is 4.42 Å². The molecule has 0 atom stereocenters. The second-order valence-electron chi connectivity index (χ2n) is 6.33. The van der Waals surface area contributed by atoms with Gasteiger partial charge >= 0.3 is 0 Å². The van der Waals surface area contributed by atoms with Crippen molar-refractivity contribution in [2.75, 3.05) is 32.7 Å². The number of aliphatic imine (C=N–C) groups is 1. The van der Waals surface area contributed by atoms with Crippen molar-refractivity contribution in [3.63, 3.8) is 0 Å². The summed E-state index contributed by atoms with van der Waals surface area (Å²) < 4.78 is 5.39. The first-order chi connectivity index (χ1) is 12.4. The van der Waals surface area contributed by atoms with Gasteiger partial charge in [0.05, 0.1) is 12.8 Å². The summed E-state index contributed by atoms with van der Waals surface area (Å²) in [4.78, 5) is 8.54. The van der Waals surface area contributed by atoms with Gasteiger partial charge in [0.2, 0.25) is 0 Å². The van der Waals surface area contributed by atoms with Crippen LogP contribution >= 0.6 is 11.3 Å². The monoisotopic (exact) mass is 360 g/mol. The Hall–Kier alpha value is -1.79. The van der Waals surface area contributed by atoms with E-state index >= 15 is 0 Å². The van der Waals surface area contributed by atoms with Crippen LogP contribution in [0.5, 0.6) is 0 Å². The van der Waals surface area contributed by atoms with Crippen LogP contribution in [0.3, 0.4) is 0 Å². The van der Waals surface area contributed by atoms with Crippen LogP contribution in [0, 0.1) is 0 Å².